The highest BCUT2D eigenvalue weighted by Crippen LogP contribution is 2.22. The van der Waals surface area contributed by atoms with Gasteiger partial charge in [-0.3, -0.25) is 14.5 Å². The number of carbonyl (C=O) groups is 2. The number of aromatic nitrogens is 1. The number of piperazine rings is 1. The van der Waals surface area contributed by atoms with E-state index in [1.165, 1.54) is 11.3 Å². The molecule has 1 aromatic heterocycles. The summed E-state index contributed by atoms with van der Waals surface area (Å²) >= 11 is 13.4. The largest absolute Gasteiger partial charge is 0.368 e. The number of amides is 2. The summed E-state index contributed by atoms with van der Waals surface area (Å²) in [7, 11) is 0. The van der Waals surface area contributed by atoms with Gasteiger partial charge in [0.15, 0.2) is 0 Å². The fourth-order valence-electron chi connectivity index (χ4n) is 3.71. The topological polar surface area (TPSA) is 74.8 Å². The molecule has 2 aliphatic rings. The Balaban J connectivity index is 1.24. The molecule has 1 aromatic carbocycles. The summed E-state index contributed by atoms with van der Waals surface area (Å²) in [5.41, 5.74) is 0.805. The number of halogens is 2. The Morgan fingerprint density at radius 2 is 2.03 bits per heavy atom. The van der Waals surface area contributed by atoms with Crippen LogP contribution in [0.25, 0.3) is 0 Å². The quantitative estimate of drug-likeness (QED) is 0.683. The van der Waals surface area contributed by atoms with E-state index in [0.717, 1.165) is 36.5 Å². The Bertz CT molecular complexity index is 940. The number of ether oxygens (including phenoxy) is 1. The minimum atomic E-state index is -0.255. The van der Waals surface area contributed by atoms with Gasteiger partial charge in [-0.2, -0.15) is 0 Å². The molecule has 7 nitrogen and oxygen atoms in total. The van der Waals surface area contributed by atoms with Gasteiger partial charge < -0.3 is 15.0 Å². The first-order chi connectivity index (χ1) is 15.0. The molecule has 0 spiro atoms. The van der Waals surface area contributed by atoms with Crippen molar-refractivity contribution < 1.29 is 14.3 Å². The highest BCUT2D eigenvalue weighted by Gasteiger charge is 2.30. The molecule has 2 aliphatic heterocycles. The highest BCUT2D eigenvalue weighted by molar-refractivity contribution is 7.13. The zero-order chi connectivity index (χ0) is 21.8. The van der Waals surface area contributed by atoms with Crippen LogP contribution < -0.4 is 5.32 Å². The van der Waals surface area contributed by atoms with Gasteiger partial charge in [0.05, 0.1) is 12.7 Å². The Morgan fingerprint density at radius 1 is 1.23 bits per heavy atom. The average Bonchev–Trinajstić information content (AvgIpc) is 3.45. The van der Waals surface area contributed by atoms with E-state index in [-0.39, 0.29) is 17.9 Å². The third-order valence-electron chi connectivity index (χ3n) is 5.48. The van der Waals surface area contributed by atoms with Gasteiger partial charge in [0.25, 0.3) is 11.8 Å². The molecule has 2 amide bonds. The predicted molar refractivity (Wildman–Crippen MR) is 121 cm³/mol. The molecule has 0 aliphatic carbocycles. The number of nitrogens with one attached hydrogen (secondary N) is 1. The van der Waals surface area contributed by atoms with Gasteiger partial charge in [0.1, 0.15) is 16.0 Å². The van der Waals surface area contributed by atoms with Crippen molar-refractivity contribution in [3.63, 3.8) is 0 Å². The van der Waals surface area contributed by atoms with Crippen LogP contribution >= 0.6 is 34.5 Å². The van der Waals surface area contributed by atoms with Gasteiger partial charge in [-0.05, 0) is 30.5 Å². The molecule has 3 heterocycles. The second-order valence-corrected chi connectivity index (χ2v) is 9.60. The monoisotopic (exact) mass is 482 g/mol. The standard InChI is InChI=1S/C21H24Cl2N4O3S/c22-15-4-3-14(16(23)10-15)11-25-20(28)18-12-24-19(31-18)13-26-5-7-27(8-6-26)21(29)17-2-1-9-30-17/h3-4,10,12,17H,1-2,5-9,11,13H2,(H,25,28). The van der Waals surface area contributed by atoms with Crippen LogP contribution in [0.15, 0.2) is 24.4 Å². The van der Waals surface area contributed by atoms with Crippen LogP contribution in [0.5, 0.6) is 0 Å². The first-order valence-corrected chi connectivity index (χ1v) is 11.9. The number of rotatable bonds is 6. The van der Waals surface area contributed by atoms with Gasteiger partial charge in [0.2, 0.25) is 0 Å². The van der Waals surface area contributed by atoms with Gasteiger partial charge in [0, 0.05) is 49.4 Å². The summed E-state index contributed by atoms with van der Waals surface area (Å²) < 4.78 is 5.51. The molecule has 2 fully saturated rings. The zero-order valence-corrected chi connectivity index (χ0v) is 19.3. The Kier molecular flexibility index (Phi) is 7.45. The van der Waals surface area contributed by atoms with Crippen molar-refractivity contribution >= 4 is 46.4 Å². The Labute approximate surface area is 195 Å². The summed E-state index contributed by atoms with van der Waals surface area (Å²) in [5.74, 6) is -0.0621. The van der Waals surface area contributed by atoms with Crippen molar-refractivity contribution in [2.45, 2.75) is 32.0 Å². The highest BCUT2D eigenvalue weighted by atomic mass is 35.5. The minimum Gasteiger partial charge on any atom is -0.368 e. The van der Waals surface area contributed by atoms with Gasteiger partial charge in [-0.25, -0.2) is 4.98 Å². The Morgan fingerprint density at radius 3 is 2.74 bits per heavy atom. The average molecular weight is 483 g/mol. The van der Waals surface area contributed by atoms with Crippen LogP contribution in [0.4, 0.5) is 0 Å². The van der Waals surface area contributed by atoms with Gasteiger partial charge in [-0.15, -0.1) is 11.3 Å². The van der Waals surface area contributed by atoms with Crippen molar-refractivity contribution in [3.05, 3.63) is 49.9 Å². The molecule has 31 heavy (non-hydrogen) atoms. The van der Waals surface area contributed by atoms with Crippen molar-refractivity contribution in [2.75, 3.05) is 32.8 Å². The van der Waals surface area contributed by atoms with Crippen molar-refractivity contribution in [1.29, 1.82) is 0 Å². The zero-order valence-electron chi connectivity index (χ0n) is 17.0. The lowest BCUT2D eigenvalue weighted by molar-refractivity contribution is -0.142. The van der Waals surface area contributed by atoms with Crippen LogP contribution in [-0.4, -0.2) is 65.5 Å². The van der Waals surface area contributed by atoms with E-state index < -0.39 is 0 Å². The molecule has 10 heteroatoms. The maximum atomic E-state index is 12.5. The van der Waals surface area contributed by atoms with E-state index >= 15 is 0 Å². The van der Waals surface area contributed by atoms with Crippen LogP contribution in [0, 0.1) is 0 Å². The summed E-state index contributed by atoms with van der Waals surface area (Å²) in [5, 5.41) is 4.84. The molecule has 4 rings (SSSR count). The molecule has 0 bridgehead atoms. The van der Waals surface area contributed by atoms with E-state index in [4.69, 9.17) is 27.9 Å². The molecule has 2 saturated heterocycles. The second-order valence-electron chi connectivity index (χ2n) is 7.64. The van der Waals surface area contributed by atoms with Crippen molar-refractivity contribution in [2.24, 2.45) is 0 Å². The second kappa shape index (κ2) is 10.3. The molecular weight excluding hydrogens is 459 g/mol. The number of hydrogen-bond donors (Lipinski definition) is 1. The van der Waals surface area contributed by atoms with Crippen LogP contribution in [0.1, 0.15) is 33.1 Å². The molecule has 1 unspecified atom stereocenters. The summed E-state index contributed by atoms with van der Waals surface area (Å²) in [6, 6.07) is 5.20. The SMILES string of the molecule is O=C(NCc1ccc(Cl)cc1Cl)c1cnc(CN2CCN(C(=O)C3CCCO3)CC2)s1. The lowest BCUT2D eigenvalue weighted by Gasteiger charge is -2.35. The molecule has 0 saturated carbocycles. The van der Waals surface area contributed by atoms with Crippen molar-refractivity contribution in [3.8, 4) is 0 Å². The first kappa shape index (κ1) is 22.5. The van der Waals surface area contributed by atoms with E-state index in [1.807, 2.05) is 4.90 Å². The van der Waals surface area contributed by atoms with Gasteiger partial charge >= 0.3 is 0 Å². The normalized spacial score (nSPS) is 19.5. The maximum Gasteiger partial charge on any atom is 0.263 e. The number of nitrogens with zero attached hydrogens (tertiary/aromatic N) is 3. The number of carbonyl (C=O) groups excluding carboxylic acids is 2. The number of benzene rings is 1. The molecular formula is C21H24Cl2N4O3S. The third kappa shape index (κ3) is 5.75. The van der Waals surface area contributed by atoms with Crippen LogP contribution in [-0.2, 0) is 22.6 Å². The van der Waals surface area contributed by atoms with Crippen molar-refractivity contribution in [1.82, 2.24) is 20.1 Å². The van der Waals surface area contributed by atoms with E-state index in [1.54, 1.807) is 24.4 Å². The molecule has 166 valence electrons. The van der Waals surface area contributed by atoms with E-state index in [0.29, 0.717) is 47.7 Å². The number of hydrogen-bond acceptors (Lipinski definition) is 6. The lowest BCUT2D eigenvalue weighted by atomic mass is 10.2. The molecule has 2 aromatic rings. The van der Waals surface area contributed by atoms with Gasteiger partial charge in [-0.1, -0.05) is 29.3 Å². The maximum absolute atomic E-state index is 12.5. The minimum absolute atomic E-state index is 0.117. The Hall–Kier alpha value is -1.71. The summed E-state index contributed by atoms with van der Waals surface area (Å²) in [6.45, 7) is 4.64. The fourth-order valence-corrected chi connectivity index (χ4v) is 5.06. The first-order valence-electron chi connectivity index (χ1n) is 10.3. The number of thiazole rings is 1. The summed E-state index contributed by atoms with van der Waals surface area (Å²) in [4.78, 5) is 34.0. The predicted octanol–water partition coefficient (Wildman–Crippen LogP) is 3.20. The molecule has 1 atom stereocenters. The third-order valence-corrected chi connectivity index (χ3v) is 7.05. The van der Waals surface area contributed by atoms with Crippen LogP contribution in [0.3, 0.4) is 0 Å². The summed E-state index contributed by atoms with van der Waals surface area (Å²) in [6.07, 6.45) is 3.14. The van der Waals surface area contributed by atoms with Crippen LogP contribution in [0.2, 0.25) is 10.0 Å². The van der Waals surface area contributed by atoms with E-state index in [9.17, 15) is 9.59 Å². The molecule has 0 radical (unpaired) electrons. The fraction of sp³-hybridized carbons (Fsp3) is 0.476. The smallest absolute Gasteiger partial charge is 0.263 e. The molecule has 1 N–H and O–H groups in total. The van der Waals surface area contributed by atoms with E-state index in [2.05, 4.69) is 15.2 Å². The lowest BCUT2D eigenvalue weighted by Crippen LogP contribution is -2.51.